The number of rotatable bonds is 1. The number of nitrogens with one attached hydrogen (secondary N) is 1. The first-order chi connectivity index (χ1) is 8.00. The van der Waals surface area contributed by atoms with Crippen molar-refractivity contribution in [2.75, 3.05) is 4.90 Å². The molecule has 1 aliphatic rings. The third kappa shape index (κ3) is 2.06. The monoisotopic (exact) mass is 248 g/mol. The number of thiocarbonyl (C=S) groups is 1. The van der Waals surface area contributed by atoms with Crippen molar-refractivity contribution in [1.29, 1.82) is 0 Å². The highest BCUT2D eigenvalue weighted by Crippen LogP contribution is 2.24. The molecule has 1 heterocycles. The molecule has 1 saturated heterocycles. The molecule has 2 rings (SSSR count). The molecule has 0 radical (unpaired) electrons. The summed E-state index contributed by atoms with van der Waals surface area (Å²) in [6, 6.07) is 5.66. The van der Waals surface area contributed by atoms with Crippen LogP contribution in [0.25, 0.3) is 0 Å². The number of benzene rings is 1. The maximum atomic E-state index is 11.9. The normalized spacial score (nSPS) is 16.1. The van der Waals surface area contributed by atoms with Gasteiger partial charge in [0.05, 0.1) is 5.69 Å². The van der Waals surface area contributed by atoms with Crippen molar-refractivity contribution < 1.29 is 9.59 Å². The molecule has 4 nitrogen and oxygen atoms in total. The van der Waals surface area contributed by atoms with Gasteiger partial charge in [0.2, 0.25) is 11.8 Å². The Morgan fingerprint density at radius 2 is 2.00 bits per heavy atom. The highest BCUT2D eigenvalue weighted by Gasteiger charge is 2.30. The number of carbonyl (C=O) groups is 2. The molecule has 0 spiro atoms. The smallest absolute Gasteiger partial charge is 0.242 e. The molecule has 1 N–H and O–H groups in total. The Labute approximate surface area is 105 Å². The average Bonchev–Trinajstić information content (AvgIpc) is 2.23. The van der Waals surface area contributed by atoms with E-state index < -0.39 is 0 Å². The van der Waals surface area contributed by atoms with Gasteiger partial charge < -0.3 is 5.32 Å². The molecule has 0 aliphatic carbocycles. The van der Waals surface area contributed by atoms with Gasteiger partial charge in [-0.1, -0.05) is 12.1 Å². The zero-order chi connectivity index (χ0) is 12.6. The predicted molar refractivity (Wildman–Crippen MR) is 68.8 cm³/mol. The van der Waals surface area contributed by atoms with Crippen molar-refractivity contribution in [3.63, 3.8) is 0 Å². The van der Waals surface area contributed by atoms with Crippen LogP contribution in [0.1, 0.15) is 17.5 Å². The van der Waals surface area contributed by atoms with E-state index in [4.69, 9.17) is 12.2 Å². The summed E-state index contributed by atoms with van der Waals surface area (Å²) in [5, 5.41) is 2.66. The van der Waals surface area contributed by atoms with E-state index >= 15 is 0 Å². The lowest BCUT2D eigenvalue weighted by atomic mass is 10.1. The molecule has 1 aromatic carbocycles. The van der Waals surface area contributed by atoms with Crippen molar-refractivity contribution in [3.05, 3.63) is 29.3 Å². The fourth-order valence-corrected chi connectivity index (χ4v) is 2.08. The molecule has 2 amide bonds. The van der Waals surface area contributed by atoms with Crippen molar-refractivity contribution in [2.24, 2.45) is 0 Å². The highest BCUT2D eigenvalue weighted by molar-refractivity contribution is 7.80. The lowest BCUT2D eigenvalue weighted by Gasteiger charge is -2.29. The van der Waals surface area contributed by atoms with Crippen LogP contribution < -0.4 is 10.2 Å². The number of amides is 2. The van der Waals surface area contributed by atoms with Crippen LogP contribution in [-0.4, -0.2) is 16.9 Å². The van der Waals surface area contributed by atoms with Crippen LogP contribution in [0, 0.1) is 13.8 Å². The first-order valence-electron chi connectivity index (χ1n) is 5.23. The second kappa shape index (κ2) is 4.25. The summed E-state index contributed by atoms with van der Waals surface area (Å²) in [7, 11) is 0. The molecule has 1 aliphatic heterocycles. The Bertz CT molecular complexity index is 505. The number of hydrogen-bond acceptors (Lipinski definition) is 3. The second-order valence-electron chi connectivity index (χ2n) is 3.98. The van der Waals surface area contributed by atoms with Gasteiger partial charge in [-0.05, 0) is 43.3 Å². The SMILES string of the molecule is Cc1cccc(N2C(=O)CC(=O)NC2=S)c1C. The molecule has 0 unspecified atom stereocenters. The molecule has 0 bridgehead atoms. The third-order valence-electron chi connectivity index (χ3n) is 2.83. The van der Waals surface area contributed by atoms with Crippen LogP contribution in [0.3, 0.4) is 0 Å². The maximum Gasteiger partial charge on any atom is 0.242 e. The predicted octanol–water partition coefficient (Wildman–Crippen LogP) is 1.44. The number of aryl methyl sites for hydroxylation is 1. The van der Waals surface area contributed by atoms with E-state index in [9.17, 15) is 9.59 Å². The van der Waals surface area contributed by atoms with E-state index in [0.717, 1.165) is 16.8 Å². The van der Waals surface area contributed by atoms with E-state index in [-0.39, 0.29) is 23.3 Å². The molecule has 5 heteroatoms. The van der Waals surface area contributed by atoms with Crippen LogP contribution in [0.15, 0.2) is 18.2 Å². The summed E-state index contributed by atoms with van der Waals surface area (Å²) < 4.78 is 0. The van der Waals surface area contributed by atoms with Gasteiger partial charge in [0.25, 0.3) is 0 Å². The van der Waals surface area contributed by atoms with E-state index in [1.54, 1.807) is 0 Å². The van der Waals surface area contributed by atoms with Gasteiger partial charge in [-0.3, -0.25) is 14.5 Å². The highest BCUT2D eigenvalue weighted by atomic mass is 32.1. The summed E-state index contributed by atoms with van der Waals surface area (Å²) in [5.41, 5.74) is 2.80. The van der Waals surface area contributed by atoms with Gasteiger partial charge in [0, 0.05) is 0 Å². The number of carbonyl (C=O) groups excluding carboxylic acids is 2. The average molecular weight is 248 g/mol. The fourth-order valence-electron chi connectivity index (χ4n) is 1.77. The van der Waals surface area contributed by atoms with Crippen LogP contribution in [0.4, 0.5) is 5.69 Å². The lowest BCUT2D eigenvalue weighted by Crippen LogP contribution is -2.53. The van der Waals surface area contributed by atoms with E-state index in [2.05, 4.69) is 5.32 Å². The molecule has 1 aromatic rings. The summed E-state index contributed by atoms with van der Waals surface area (Å²) in [4.78, 5) is 24.4. The number of nitrogens with zero attached hydrogens (tertiary/aromatic N) is 1. The molecule has 88 valence electrons. The van der Waals surface area contributed by atoms with Gasteiger partial charge in [-0.15, -0.1) is 0 Å². The molecule has 0 atom stereocenters. The summed E-state index contributed by atoms with van der Waals surface area (Å²) in [6.45, 7) is 3.89. The Hall–Kier alpha value is -1.75. The number of hydrogen-bond donors (Lipinski definition) is 1. The van der Waals surface area contributed by atoms with Crippen molar-refractivity contribution >= 4 is 34.8 Å². The Morgan fingerprint density at radius 3 is 2.65 bits per heavy atom. The van der Waals surface area contributed by atoms with Gasteiger partial charge in [0.1, 0.15) is 6.42 Å². The molecule has 0 aromatic heterocycles. The minimum absolute atomic E-state index is 0.153. The first kappa shape index (κ1) is 11.7. The first-order valence-corrected chi connectivity index (χ1v) is 5.64. The van der Waals surface area contributed by atoms with Crippen LogP contribution in [0.5, 0.6) is 0 Å². The minimum atomic E-state index is -0.346. The molecular weight excluding hydrogens is 236 g/mol. The van der Waals surface area contributed by atoms with E-state index in [1.807, 2.05) is 32.0 Å². The minimum Gasteiger partial charge on any atom is -0.302 e. The summed E-state index contributed by atoms with van der Waals surface area (Å²) >= 11 is 5.04. The maximum absolute atomic E-state index is 11.9. The van der Waals surface area contributed by atoms with Gasteiger partial charge >= 0.3 is 0 Å². The standard InChI is InChI=1S/C12H12N2O2S/c1-7-4-3-5-9(8(7)2)14-11(16)6-10(15)13-12(14)17/h3-5H,6H2,1-2H3,(H,13,15,17). The van der Waals surface area contributed by atoms with E-state index in [1.165, 1.54) is 4.90 Å². The molecule has 17 heavy (non-hydrogen) atoms. The van der Waals surface area contributed by atoms with Gasteiger partial charge in [-0.2, -0.15) is 0 Å². The second-order valence-corrected chi connectivity index (χ2v) is 4.36. The van der Waals surface area contributed by atoms with Crippen molar-refractivity contribution in [3.8, 4) is 0 Å². The Morgan fingerprint density at radius 1 is 1.29 bits per heavy atom. The summed E-state index contributed by atoms with van der Waals surface area (Å²) in [6.07, 6.45) is -0.159. The Balaban J connectivity index is 2.46. The summed E-state index contributed by atoms with van der Waals surface area (Å²) in [5.74, 6) is -0.631. The fraction of sp³-hybridized carbons (Fsp3) is 0.250. The van der Waals surface area contributed by atoms with Gasteiger partial charge in [-0.25, -0.2) is 0 Å². The Kier molecular flexibility index (Phi) is 2.93. The van der Waals surface area contributed by atoms with Crippen molar-refractivity contribution in [2.45, 2.75) is 20.3 Å². The molecule has 0 saturated carbocycles. The zero-order valence-electron chi connectivity index (χ0n) is 9.61. The quantitative estimate of drug-likeness (QED) is 0.604. The van der Waals surface area contributed by atoms with Crippen LogP contribution in [0.2, 0.25) is 0 Å². The lowest BCUT2D eigenvalue weighted by molar-refractivity contribution is -0.127. The largest absolute Gasteiger partial charge is 0.302 e. The van der Waals surface area contributed by atoms with Crippen LogP contribution in [-0.2, 0) is 9.59 Å². The topological polar surface area (TPSA) is 49.4 Å². The van der Waals surface area contributed by atoms with E-state index in [0.29, 0.717) is 0 Å². The van der Waals surface area contributed by atoms with Crippen molar-refractivity contribution in [1.82, 2.24) is 5.32 Å². The third-order valence-corrected chi connectivity index (χ3v) is 3.11. The van der Waals surface area contributed by atoms with Gasteiger partial charge in [0.15, 0.2) is 5.11 Å². The van der Waals surface area contributed by atoms with Crippen LogP contribution >= 0.6 is 12.2 Å². The molecular formula is C12H12N2O2S. The zero-order valence-corrected chi connectivity index (χ0v) is 10.4. The molecule has 1 fully saturated rings. The number of anilines is 1.